The molecule has 1 aromatic rings. The summed E-state index contributed by atoms with van der Waals surface area (Å²) in [5, 5.41) is 9.04. The van der Waals surface area contributed by atoms with Crippen LogP contribution in [0.4, 0.5) is 0 Å². The second-order valence-electron chi connectivity index (χ2n) is 3.89. The van der Waals surface area contributed by atoms with Gasteiger partial charge in [0, 0.05) is 14.1 Å². The summed E-state index contributed by atoms with van der Waals surface area (Å²) in [6, 6.07) is 9.17. The second kappa shape index (κ2) is 7.87. The van der Waals surface area contributed by atoms with Crippen molar-refractivity contribution in [1.29, 1.82) is 0 Å². The molecule has 1 rings (SSSR count). The molecule has 1 amide bonds. The monoisotopic (exact) mass is 315 g/mol. The first-order valence-electron chi connectivity index (χ1n) is 5.48. The van der Waals surface area contributed by atoms with Gasteiger partial charge in [-0.05, 0) is 12.0 Å². The number of carbonyl (C=O) groups excluding carboxylic acids is 1. The van der Waals surface area contributed by atoms with E-state index < -0.39 is 10.3 Å². The third kappa shape index (κ3) is 4.87. The molecule has 1 N–H and O–H groups in total. The Morgan fingerprint density at radius 1 is 1.39 bits per heavy atom. The van der Waals surface area contributed by atoms with Crippen molar-refractivity contribution in [2.45, 2.75) is 17.7 Å². The fraction of sp³-hybridized carbons (Fsp3) is 0.385. The van der Waals surface area contributed by atoms with Crippen LogP contribution in [0, 0.1) is 0 Å². The summed E-state index contributed by atoms with van der Waals surface area (Å²) in [4.78, 5) is 21.9. The first-order valence-corrected chi connectivity index (χ1v) is 6.27. The van der Waals surface area contributed by atoms with Crippen LogP contribution < -0.4 is 0 Å². The van der Waals surface area contributed by atoms with Crippen molar-refractivity contribution in [2.24, 2.45) is 0 Å². The van der Waals surface area contributed by atoms with E-state index in [1.165, 1.54) is 4.90 Å². The molecule has 100 valence electrons. The van der Waals surface area contributed by atoms with Gasteiger partial charge in [0.25, 0.3) is 0 Å². The van der Waals surface area contributed by atoms with Crippen molar-refractivity contribution in [3.8, 4) is 0 Å². The highest BCUT2D eigenvalue weighted by Crippen LogP contribution is 2.34. The van der Waals surface area contributed by atoms with Gasteiger partial charge in [-0.3, -0.25) is 9.59 Å². The average Bonchev–Trinajstić information content (AvgIpc) is 2.39. The lowest BCUT2D eigenvalue weighted by Gasteiger charge is -2.20. The van der Waals surface area contributed by atoms with E-state index in [4.69, 9.17) is 5.11 Å². The van der Waals surface area contributed by atoms with Crippen LogP contribution in [0.25, 0.3) is 0 Å². The molecule has 0 bridgehead atoms. The highest BCUT2D eigenvalue weighted by atomic mass is 79.9. The van der Waals surface area contributed by atoms with Gasteiger partial charge in [0.15, 0.2) is 0 Å². The summed E-state index contributed by atoms with van der Waals surface area (Å²) in [5.74, 6) is -0.846. The van der Waals surface area contributed by atoms with Crippen LogP contribution in [0.15, 0.2) is 30.3 Å². The Morgan fingerprint density at radius 3 is 2.11 bits per heavy atom. The maximum atomic E-state index is 11.0. The summed E-state index contributed by atoms with van der Waals surface area (Å²) in [6.07, 6.45) is 1.27. The quantitative estimate of drug-likeness (QED) is 0.686. The van der Waals surface area contributed by atoms with Crippen molar-refractivity contribution >= 4 is 28.3 Å². The number of amides is 1. The molecular formula is C13H18BrNO3. The normalized spacial score (nSPS) is 12.7. The molecule has 0 aliphatic carbocycles. The van der Waals surface area contributed by atoms with Gasteiger partial charge in [-0.15, -0.1) is 0 Å². The van der Waals surface area contributed by atoms with Crippen molar-refractivity contribution < 1.29 is 14.7 Å². The van der Waals surface area contributed by atoms with E-state index in [9.17, 15) is 9.59 Å². The predicted octanol–water partition coefficient (Wildman–Crippen LogP) is 2.48. The van der Waals surface area contributed by atoms with Crippen LogP contribution in [0.3, 0.4) is 0 Å². The molecule has 1 aromatic carbocycles. The lowest BCUT2D eigenvalue weighted by atomic mass is 9.97. The number of benzene rings is 1. The van der Waals surface area contributed by atoms with Crippen LogP contribution in [-0.4, -0.2) is 36.5 Å². The molecule has 4 nitrogen and oxygen atoms in total. The lowest BCUT2D eigenvalue weighted by molar-refractivity contribution is -0.140. The Kier molecular flexibility index (Phi) is 7.27. The summed E-state index contributed by atoms with van der Waals surface area (Å²) >= 11 is 3.26. The molecular weight excluding hydrogens is 298 g/mol. The number of carboxylic acid groups (broad SMARTS) is 1. The molecule has 1 unspecified atom stereocenters. The van der Waals surface area contributed by atoms with Gasteiger partial charge < -0.3 is 10.0 Å². The average molecular weight is 316 g/mol. The largest absolute Gasteiger partial charge is 0.480 e. The lowest BCUT2D eigenvalue weighted by Crippen LogP contribution is -2.27. The molecule has 0 saturated heterocycles. The van der Waals surface area contributed by atoms with Gasteiger partial charge in [0.2, 0.25) is 6.41 Å². The van der Waals surface area contributed by atoms with Gasteiger partial charge in [-0.25, -0.2) is 0 Å². The summed E-state index contributed by atoms with van der Waals surface area (Å²) < 4.78 is -0.936. The number of alkyl halides is 1. The van der Waals surface area contributed by atoms with E-state index in [1.54, 1.807) is 14.1 Å². The zero-order chi connectivity index (χ0) is 14.2. The maximum absolute atomic E-state index is 11.0. The van der Waals surface area contributed by atoms with E-state index in [2.05, 4.69) is 15.9 Å². The smallest absolute Gasteiger partial charge is 0.324 e. The Hall–Kier alpha value is -1.36. The van der Waals surface area contributed by atoms with Gasteiger partial charge in [0.05, 0.1) is 0 Å². The fourth-order valence-electron chi connectivity index (χ4n) is 1.18. The van der Waals surface area contributed by atoms with Crippen LogP contribution in [0.2, 0.25) is 0 Å². The molecule has 5 heteroatoms. The Bertz CT molecular complexity index is 381. The predicted molar refractivity (Wildman–Crippen MR) is 74.7 cm³/mol. The van der Waals surface area contributed by atoms with Gasteiger partial charge in [0.1, 0.15) is 4.32 Å². The number of halogens is 1. The first-order chi connectivity index (χ1) is 8.38. The zero-order valence-electron chi connectivity index (χ0n) is 10.8. The zero-order valence-corrected chi connectivity index (χ0v) is 12.3. The molecule has 0 spiro atoms. The second-order valence-corrected chi connectivity index (χ2v) is 5.25. The number of rotatable bonds is 4. The molecule has 0 aliphatic heterocycles. The van der Waals surface area contributed by atoms with E-state index in [-0.39, 0.29) is 0 Å². The van der Waals surface area contributed by atoms with Gasteiger partial charge >= 0.3 is 5.97 Å². The van der Waals surface area contributed by atoms with Gasteiger partial charge in [-0.2, -0.15) is 0 Å². The summed E-state index contributed by atoms with van der Waals surface area (Å²) in [6.45, 7) is 1.84. The fourth-order valence-corrected chi connectivity index (χ4v) is 1.45. The Labute approximate surface area is 116 Å². The topological polar surface area (TPSA) is 57.6 Å². The molecule has 1 atom stereocenters. The van der Waals surface area contributed by atoms with Crippen LogP contribution in [0.1, 0.15) is 18.9 Å². The van der Waals surface area contributed by atoms with Crippen molar-refractivity contribution in [2.75, 3.05) is 14.1 Å². The Balaban J connectivity index is 0.000000494. The SMILES string of the molecule is CCC(Br)(C(=O)O)c1ccccc1.CN(C)C=O. The minimum atomic E-state index is -0.936. The minimum absolute atomic E-state index is 0.520. The Morgan fingerprint density at radius 2 is 1.83 bits per heavy atom. The van der Waals surface area contributed by atoms with Crippen molar-refractivity contribution in [3.63, 3.8) is 0 Å². The van der Waals surface area contributed by atoms with E-state index >= 15 is 0 Å². The number of hydrogen-bond donors (Lipinski definition) is 1. The van der Waals surface area contributed by atoms with Crippen molar-refractivity contribution in [3.05, 3.63) is 35.9 Å². The molecule has 0 saturated carbocycles. The highest BCUT2D eigenvalue weighted by Gasteiger charge is 2.35. The summed E-state index contributed by atoms with van der Waals surface area (Å²) in [5.41, 5.74) is 0.782. The number of carbonyl (C=O) groups is 2. The molecule has 18 heavy (non-hydrogen) atoms. The number of hydrogen-bond acceptors (Lipinski definition) is 2. The number of carboxylic acids is 1. The highest BCUT2D eigenvalue weighted by molar-refractivity contribution is 9.10. The van der Waals surface area contributed by atoms with E-state index in [1.807, 2.05) is 37.3 Å². The van der Waals surface area contributed by atoms with Gasteiger partial charge in [-0.1, -0.05) is 53.2 Å². The number of aliphatic carboxylic acids is 1. The summed E-state index contributed by atoms with van der Waals surface area (Å²) in [7, 11) is 3.38. The van der Waals surface area contributed by atoms with E-state index in [0.717, 1.165) is 12.0 Å². The van der Waals surface area contributed by atoms with Crippen LogP contribution in [0.5, 0.6) is 0 Å². The van der Waals surface area contributed by atoms with Crippen LogP contribution >= 0.6 is 15.9 Å². The molecule has 0 fully saturated rings. The molecule has 0 radical (unpaired) electrons. The maximum Gasteiger partial charge on any atom is 0.324 e. The molecule has 0 heterocycles. The number of nitrogens with zero attached hydrogens (tertiary/aromatic N) is 1. The third-order valence-corrected chi connectivity index (χ3v) is 3.63. The van der Waals surface area contributed by atoms with E-state index in [0.29, 0.717) is 6.42 Å². The van der Waals surface area contributed by atoms with Crippen LogP contribution in [-0.2, 0) is 13.9 Å². The van der Waals surface area contributed by atoms with Crippen molar-refractivity contribution in [1.82, 2.24) is 4.90 Å². The third-order valence-electron chi connectivity index (χ3n) is 2.27. The minimum Gasteiger partial charge on any atom is -0.480 e. The molecule has 0 aromatic heterocycles. The standard InChI is InChI=1S/C10H11BrO2.C3H7NO/c1-2-10(11,9(12)13)8-6-4-3-5-7-8;1-4(2)3-5/h3-7H,2H2,1H3,(H,12,13);3H,1-2H3. The molecule has 0 aliphatic rings. The first kappa shape index (κ1) is 16.6.